The predicted molar refractivity (Wildman–Crippen MR) is 48.5 cm³/mol. The molecular weight excluding hydrogens is 144 g/mol. The van der Waals surface area contributed by atoms with E-state index in [0.717, 1.165) is 5.92 Å². The van der Waals surface area contributed by atoms with E-state index in [9.17, 15) is 0 Å². The van der Waals surface area contributed by atoms with Crippen molar-refractivity contribution < 1.29 is 5.11 Å². The van der Waals surface area contributed by atoms with Gasteiger partial charge < -0.3 is 5.11 Å². The van der Waals surface area contributed by atoms with E-state index in [-0.39, 0.29) is 0 Å². The Kier molecular flexibility index (Phi) is 6.24. The van der Waals surface area contributed by atoms with Crippen LogP contribution in [0.15, 0.2) is 0 Å². The van der Waals surface area contributed by atoms with Gasteiger partial charge in [-0.1, -0.05) is 20.8 Å². The van der Waals surface area contributed by atoms with E-state index in [0.29, 0.717) is 11.9 Å². The maximum Gasteiger partial charge on any atom is 0.0547 e. The van der Waals surface area contributed by atoms with Crippen LogP contribution in [0.1, 0.15) is 27.2 Å². The molecule has 0 saturated carbocycles. The van der Waals surface area contributed by atoms with Crippen molar-refractivity contribution in [1.82, 2.24) is 0 Å². The molecule has 0 spiro atoms. The minimum absolute atomic E-state index is 0.308. The smallest absolute Gasteiger partial charge is 0.0547 e. The van der Waals surface area contributed by atoms with Crippen LogP contribution in [0.4, 0.5) is 0 Å². The van der Waals surface area contributed by atoms with Crippen LogP contribution in [-0.2, 0) is 0 Å². The van der Waals surface area contributed by atoms with Gasteiger partial charge in [0.25, 0.3) is 0 Å². The largest absolute Gasteiger partial charge is 0.395 e. The summed E-state index contributed by atoms with van der Waals surface area (Å²) in [7, 11) is 0. The average Bonchev–Trinajstić information content (AvgIpc) is 1.87. The van der Waals surface area contributed by atoms with E-state index in [2.05, 4.69) is 20.8 Å². The monoisotopic (exact) mass is 162 g/mol. The molecule has 62 valence electrons. The van der Waals surface area contributed by atoms with Gasteiger partial charge in [-0.3, -0.25) is 0 Å². The molecule has 0 amide bonds. The summed E-state index contributed by atoms with van der Waals surface area (Å²) >= 11 is 1.85. The normalized spacial score (nSPS) is 14.1. The summed E-state index contributed by atoms with van der Waals surface area (Å²) in [4.78, 5) is 0. The van der Waals surface area contributed by atoms with Gasteiger partial charge in [-0.2, -0.15) is 11.8 Å². The van der Waals surface area contributed by atoms with Crippen LogP contribution in [0, 0.1) is 5.92 Å². The zero-order valence-corrected chi connectivity index (χ0v) is 7.95. The summed E-state index contributed by atoms with van der Waals surface area (Å²) in [5.41, 5.74) is 0. The molecule has 0 bridgehead atoms. The molecule has 0 aromatic heterocycles. The van der Waals surface area contributed by atoms with Crippen molar-refractivity contribution in [2.24, 2.45) is 5.92 Å². The molecule has 2 heteroatoms. The first kappa shape index (κ1) is 10.3. The van der Waals surface area contributed by atoms with Gasteiger partial charge in [0.1, 0.15) is 0 Å². The lowest BCUT2D eigenvalue weighted by molar-refractivity contribution is 0.300. The molecule has 10 heavy (non-hydrogen) atoms. The molecule has 0 aliphatic heterocycles. The van der Waals surface area contributed by atoms with Gasteiger partial charge in [0.2, 0.25) is 0 Å². The molecule has 1 atom stereocenters. The predicted octanol–water partition coefficient (Wildman–Crippen LogP) is 2.15. The van der Waals surface area contributed by atoms with Crippen molar-refractivity contribution in [1.29, 1.82) is 0 Å². The SMILES string of the molecule is CC(C)CCSC(C)CO. The van der Waals surface area contributed by atoms with Crippen molar-refractivity contribution in [3.63, 3.8) is 0 Å². The summed E-state index contributed by atoms with van der Waals surface area (Å²) in [6.07, 6.45) is 1.26. The van der Waals surface area contributed by atoms with Crippen molar-refractivity contribution >= 4 is 11.8 Å². The molecule has 0 fully saturated rings. The van der Waals surface area contributed by atoms with E-state index < -0.39 is 0 Å². The van der Waals surface area contributed by atoms with E-state index in [1.54, 1.807) is 0 Å². The van der Waals surface area contributed by atoms with Crippen LogP contribution in [0.5, 0.6) is 0 Å². The molecule has 0 aliphatic rings. The third kappa shape index (κ3) is 6.43. The van der Waals surface area contributed by atoms with Crippen LogP contribution in [0.2, 0.25) is 0 Å². The number of aliphatic hydroxyl groups excluding tert-OH is 1. The van der Waals surface area contributed by atoms with Gasteiger partial charge in [-0.15, -0.1) is 0 Å². The average molecular weight is 162 g/mol. The van der Waals surface area contributed by atoms with Crippen molar-refractivity contribution in [2.75, 3.05) is 12.4 Å². The summed E-state index contributed by atoms with van der Waals surface area (Å²) in [6, 6.07) is 0. The van der Waals surface area contributed by atoms with E-state index in [1.165, 1.54) is 12.2 Å². The van der Waals surface area contributed by atoms with Gasteiger partial charge in [-0.05, 0) is 18.1 Å². The molecule has 1 N–H and O–H groups in total. The van der Waals surface area contributed by atoms with E-state index in [4.69, 9.17) is 5.11 Å². The topological polar surface area (TPSA) is 20.2 Å². The lowest BCUT2D eigenvalue weighted by Gasteiger charge is -2.08. The standard InChI is InChI=1S/C8H18OS/c1-7(2)4-5-10-8(3)6-9/h7-9H,4-6H2,1-3H3. The Balaban J connectivity index is 3.03. The quantitative estimate of drug-likeness (QED) is 0.668. The highest BCUT2D eigenvalue weighted by molar-refractivity contribution is 7.99. The number of hydrogen-bond donors (Lipinski definition) is 1. The lowest BCUT2D eigenvalue weighted by atomic mass is 10.2. The highest BCUT2D eigenvalue weighted by Crippen LogP contribution is 2.13. The fraction of sp³-hybridized carbons (Fsp3) is 1.00. The maximum atomic E-state index is 8.68. The molecule has 0 saturated heterocycles. The van der Waals surface area contributed by atoms with Crippen molar-refractivity contribution in [2.45, 2.75) is 32.4 Å². The molecule has 0 rings (SSSR count). The molecule has 0 radical (unpaired) electrons. The van der Waals surface area contributed by atoms with Crippen molar-refractivity contribution in [3.8, 4) is 0 Å². The van der Waals surface area contributed by atoms with E-state index >= 15 is 0 Å². The Labute approximate surface area is 68.2 Å². The number of aliphatic hydroxyl groups is 1. The Morgan fingerprint density at radius 2 is 1.90 bits per heavy atom. The van der Waals surface area contributed by atoms with Gasteiger partial charge in [0.05, 0.1) is 6.61 Å². The summed E-state index contributed by atoms with van der Waals surface area (Å²) in [6.45, 7) is 6.82. The fourth-order valence-corrected chi connectivity index (χ4v) is 1.67. The lowest BCUT2D eigenvalue weighted by Crippen LogP contribution is -2.03. The highest BCUT2D eigenvalue weighted by atomic mass is 32.2. The first-order valence-corrected chi connectivity index (χ1v) is 4.94. The fourth-order valence-electron chi connectivity index (χ4n) is 0.558. The Morgan fingerprint density at radius 3 is 2.30 bits per heavy atom. The minimum Gasteiger partial charge on any atom is -0.395 e. The van der Waals surface area contributed by atoms with Crippen LogP contribution in [0.25, 0.3) is 0 Å². The highest BCUT2D eigenvalue weighted by Gasteiger charge is 2.00. The second-order valence-electron chi connectivity index (χ2n) is 3.05. The van der Waals surface area contributed by atoms with Gasteiger partial charge in [0, 0.05) is 5.25 Å². The van der Waals surface area contributed by atoms with Crippen LogP contribution < -0.4 is 0 Å². The molecule has 1 unspecified atom stereocenters. The first-order chi connectivity index (χ1) is 4.66. The Morgan fingerprint density at radius 1 is 1.30 bits per heavy atom. The number of hydrogen-bond acceptors (Lipinski definition) is 2. The second-order valence-corrected chi connectivity index (χ2v) is 4.59. The zero-order valence-electron chi connectivity index (χ0n) is 7.13. The molecule has 0 aliphatic carbocycles. The molecule has 0 aromatic carbocycles. The first-order valence-electron chi connectivity index (χ1n) is 3.89. The third-order valence-electron chi connectivity index (χ3n) is 1.35. The van der Waals surface area contributed by atoms with Crippen LogP contribution in [-0.4, -0.2) is 22.7 Å². The Bertz CT molecular complexity index is 73.7. The van der Waals surface area contributed by atoms with E-state index in [1.807, 2.05) is 11.8 Å². The summed E-state index contributed by atoms with van der Waals surface area (Å²) in [5.74, 6) is 1.97. The van der Waals surface area contributed by atoms with Gasteiger partial charge in [-0.25, -0.2) is 0 Å². The maximum absolute atomic E-state index is 8.68. The number of rotatable bonds is 5. The number of thioether (sulfide) groups is 1. The van der Waals surface area contributed by atoms with Crippen molar-refractivity contribution in [3.05, 3.63) is 0 Å². The van der Waals surface area contributed by atoms with Gasteiger partial charge in [0.15, 0.2) is 0 Å². The molecule has 0 heterocycles. The zero-order chi connectivity index (χ0) is 7.98. The Hall–Kier alpha value is 0.310. The van der Waals surface area contributed by atoms with Crippen LogP contribution >= 0.6 is 11.8 Å². The summed E-state index contributed by atoms with van der Waals surface area (Å²) in [5, 5.41) is 9.09. The van der Waals surface area contributed by atoms with Crippen LogP contribution in [0.3, 0.4) is 0 Å². The third-order valence-corrected chi connectivity index (χ3v) is 2.54. The second kappa shape index (κ2) is 6.05. The van der Waals surface area contributed by atoms with Gasteiger partial charge >= 0.3 is 0 Å². The molecule has 1 nitrogen and oxygen atoms in total. The molecule has 0 aromatic rings. The summed E-state index contributed by atoms with van der Waals surface area (Å²) < 4.78 is 0. The molecular formula is C8H18OS. The minimum atomic E-state index is 0.308.